The minimum absolute atomic E-state index is 0.170. The fourth-order valence-corrected chi connectivity index (χ4v) is 3.49. The fraction of sp³-hybridized carbons (Fsp3) is 0.700. The van der Waals surface area contributed by atoms with Crippen LogP contribution < -0.4 is 10.0 Å². The van der Waals surface area contributed by atoms with E-state index in [1.807, 2.05) is 0 Å². The van der Waals surface area contributed by atoms with Crippen LogP contribution in [-0.2, 0) is 10.0 Å². The average molecular weight is 259 g/mol. The fourth-order valence-electron chi connectivity index (χ4n) is 2.05. The second kappa shape index (κ2) is 4.75. The van der Waals surface area contributed by atoms with E-state index >= 15 is 0 Å². The van der Waals surface area contributed by atoms with Crippen LogP contribution in [0.15, 0.2) is 9.42 Å². The number of aromatic nitrogens is 1. The van der Waals surface area contributed by atoms with Crippen molar-refractivity contribution in [3.8, 4) is 0 Å². The van der Waals surface area contributed by atoms with Crippen LogP contribution in [-0.4, -0.2) is 33.2 Å². The third-order valence-corrected chi connectivity index (χ3v) is 4.63. The Morgan fingerprint density at radius 1 is 1.53 bits per heavy atom. The molecule has 0 aromatic carbocycles. The van der Waals surface area contributed by atoms with Crippen LogP contribution >= 0.6 is 0 Å². The van der Waals surface area contributed by atoms with Gasteiger partial charge in [-0.15, -0.1) is 0 Å². The molecule has 1 aromatic rings. The Bertz CT molecular complexity index is 469. The van der Waals surface area contributed by atoms with E-state index < -0.39 is 10.0 Å². The van der Waals surface area contributed by atoms with E-state index in [4.69, 9.17) is 4.52 Å². The van der Waals surface area contributed by atoms with Gasteiger partial charge in [0.05, 0.1) is 0 Å². The largest absolute Gasteiger partial charge is 0.360 e. The lowest BCUT2D eigenvalue weighted by Gasteiger charge is -2.10. The summed E-state index contributed by atoms with van der Waals surface area (Å²) >= 11 is 0. The number of sulfonamides is 1. The number of hydrogen-bond acceptors (Lipinski definition) is 5. The lowest BCUT2D eigenvalue weighted by atomic mass is 10.1. The van der Waals surface area contributed by atoms with Crippen LogP contribution in [0.4, 0.5) is 0 Å². The van der Waals surface area contributed by atoms with Crippen LogP contribution in [0.1, 0.15) is 17.9 Å². The Balaban J connectivity index is 2.08. The van der Waals surface area contributed by atoms with Gasteiger partial charge in [-0.2, -0.15) is 0 Å². The van der Waals surface area contributed by atoms with Crippen molar-refractivity contribution in [3.05, 3.63) is 11.5 Å². The molecule has 0 saturated carbocycles. The lowest BCUT2D eigenvalue weighted by molar-refractivity contribution is 0.390. The normalized spacial score (nSPS) is 20.9. The van der Waals surface area contributed by atoms with Crippen LogP contribution in [0, 0.1) is 19.8 Å². The summed E-state index contributed by atoms with van der Waals surface area (Å²) in [7, 11) is -3.50. The zero-order valence-corrected chi connectivity index (χ0v) is 10.8. The number of nitrogens with zero attached hydrogens (tertiary/aromatic N) is 1. The monoisotopic (exact) mass is 259 g/mol. The van der Waals surface area contributed by atoms with Crippen molar-refractivity contribution in [1.29, 1.82) is 0 Å². The van der Waals surface area contributed by atoms with Crippen LogP contribution in [0.25, 0.3) is 0 Å². The Hall–Kier alpha value is -0.920. The van der Waals surface area contributed by atoms with E-state index in [0.717, 1.165) is 19.5 Å². The second-order valence-electron chi connectivity index (χ2n) is 4.36. The van der Waals surface area contributed by atoms with Gasteiger partial charge in [0.25, 0.3) is 0 Å². The summed E-state index contributed by atoms with van der Waals surface area (Å²) in [5, 5.41) is 6.86. The average Bonchev–Trinajstić information content (AvgIpc) is 2.86. The first-order valence-electron chi connectivity index (χ1n) is 5.64. The van der Waals surface area contributed by atoms with E-state index in [1.54, 1.807) is 13.8 Å². The topological polar surface area (TPSA) is 84.2 Å². The molecule has 6 nitrogen and oxygen atoms in total. The molecule has 1 fully saturated rings. The van der Waals surface area contributed by atoms with Gasteiger partial charge in [0.1, 0.15) is 10.6 Å². The minimum Gasteiger partial charge on any atom is -0.360 e. The predicted molar refractivity (Wildman–Crippen MR) is 62.1 cm³/mol. The van der Waals surface area contributed by atoms with E-state index in [9.17, 15) is 8.42 Å². The maximum absolute atomic E-state index is 12.1. The van der Waals surface area contributed by atoms with Gasteiger partial charge in [-0.25, -0.2) is 13.1 Å². The lowest BCUT2D eigenvalue weighted by Crippen LogP contribution is -2.30. The molecule has 0 spiro atoms. The van der Waals surface area contributed by atoms with Crippen molar-refractivity contribution in [3.63, 3.8) is 0 Å². The van der Waals surface area contributed by atoms with Crippen molar-refractivity contribution < 1.29 is 12.9 Å². The molecule has 1 atom stereocenters. The van der Waals surface area contributed by atoms with Gasteiger partial charge in [-0.1, -0.05) is 5.16 Å². The standard InChI is InChI=1S/C10H17N3O3S/c1-7-10(8(2)16-13-7)17(14,15)12-6-9-3-4-11-5-9/h9,11-12H,3-6H2,1-2H3. The van der Waals surface area contributed by atoms with E-state index in [0.29, 0.717) is 23.9 Å². The zero-order valence-electron chi connectivity index (χ0n) is 9.99. The van der Waals surface area contributed by atoms with E-state index in [2.05, 4.69) is 15.2 Å². The third-order valence-electron chi connectivity index (χ3n) is 2.96. The molecule has 2 rings (SSSR count). The Kier molecular flexibility index (Phi) is 3.50. The molecule has 1 unspecified atom stereocenters. The zero-order chi connectivity index (χ0) is 12.5. The molecular weight excluding hydrogens is 242 g/mol. The SMILES string of the molecule is Cc1noc(C)c1S(=O)(=O)NCC1CCNC1. The summed E-state index contributed by atoms with van der Waals surface area (Å²) < 4.78 is 31.6. The van der Waals surface area contributed by atoms with Crippen molar-refractivity contribution in [2.75, 3.05) is 19.6 Å². The molecule has 96 valence electrons. The smallest absolute Gasteiger partial charge is 0.245 e. The number of aryl methyl sites for hydroxylation is 2. The number of rotatable bonds is 4. The van der Waals surface area contributed by atoms with Gasteiger partial charge in [-0.3, -0.25) is 0 Å². The number of nitrogens with one attached hydrogen (secondary N) is 2. The first kappa shape index (κ1) is 12.5. The summed E-state index contributed by atoms with van der Waals surface area (Å²) in [5.74, 6) is 0.699. The maximum atomic E-state index is 12.1. The Morgan fingerprint density at radius 2 is 2.29 bits per heavy atom. The molecule has 0 bridgehead atoms. The predicted octanol–water partition coefficient (Wildman–Crippen LogP) is 0.179. The molecule has 0 aliphatic carbocycles. The Morgan fingerprint density at radius 3 is 2.82 bits per heavy atom. The van der Waals surface area contributed by atoms with Gasteiger partial charge in [0.2, 0.25) is 10.0 Å². The van der Waals surface area contributed by atoms with Crippen molar-refractivity contribution >= 4 is 10.0 Å². The third kappa shape index (κ3) is 2.67. The highest BCUT2D eigenvalue weighted by molar-refractivity contribution is 7.89. The van der Waals surface area contributed by atoms with Crippen molar-refractivity contribution in [1.82, 2.24) is 15.2 Å². The summed E-state index contributed by atoms with van der Waals surface area (Å²) in [6, 6.07) is 0. The molecule has 1 aromatic heterocycles. The second-order valence-corrected chi connectivity index (χ2v) is 6.07. The van der Waals surface area contributed by atoms with Crippen molar-refractivity contribution in [2.45, 2.75) is 25.2 Å². The van der Waals surface area contributed by atoms with E-state index in [1.165, 1.54) is 0 Å². The molecule has 2 heterocycles. The summed E-state index contributed by atoms with van der Waals surface area (Å²) in [4.78, 5) is 0.170. The molecule has 0 radical (unpaired) electrons. The molecule has 17 heavy (non-hydrogen) atoms. The molecule has 1 aliphatic rings. The molecule has 7 heteroatoms. The van der Waals surface area contributed by atoms with Gasteiger partial charge in [-0.05, 0) is 39.3 Å². The van der Waals surface area contributed by atoms with Gasteiger partial charge in [0, 0.05) is 6.54 Å². The van der Waals surface area contributed by atoms with Crippen LogP contribution in [0.3, 0.4) is 0 Å². The maximum Gasteiger partial charge on any atom is 0.245 e. The number of hydrogen-bond donors (Lipinski definition) is 2. The highest BCUT2D eigenvalue weighted by Crippen LogP contribution is 2.19. The summed E-state index contributed by atoms with van der Waals surface area (Å²) in [5.41, 5.74) is 0.402. The molecule has 2 N–H and O–H groups in total. The van der Waals surface area contributed by atoms with Crippen LogP contribution in [0.2, 0.25) is 0 Å². The first-order valence-corrected chi connectivity index (χ1v) is 7.12. The summed E-state index contributed by atoms with van der Waals surface area (Å²) in [6.07, 6.45) is 1.00. The quantitative estimate of drug-likeness (QED) is 0.805. The van der Waals surface area contributed by atoms with Crippen LogP contribution in [0.5, 0.6) is 0 Å². The van der Waals surface area contributed by atoms with Crippen molar-refractivity contribution in [2.24, 2.45) is 5.92 Å². The van der Waals surface area contributed by atoms with E-state index in [-0.39, 0.29) is 4.90 Å². The van der Waals surface area contributed by atoms with Gasteiger partial charge < -0.3 is 9.84 Å². The highest BCUT2D eigenvalue weighted by Gasteiger charge is 2.25. The van der Waals surface area contributed by atoms with Gasteiger partial charge in [0.15, 0.2) is 5.76 Å². The Labute approximate surface area is 101 Å². The highest BCUT2D eigenvalue weighted by atomic mass is 32.2. The molecule has 1 saturated heterocycles. The first-order chi connectivity index (χ1) is 8.00. The van der Waals surface area contributed by atoms with Gasteiger partial charge >= 0.3 is 0 Å². The summed E-state index contributed by atoms with van der Waals surface area (Å²) in [6.45, 7) is 5.51. The molecule has 1 aliphatic heterocycles. The molecular formula is C10H17N3O3S. The minimum atomic E-state index is -3.50. The molecule has 0 amide bonds.